The maximum Gasteiger partial charge on any atom is 0.345 e. The summed E-state index contributed by atoms with van der Waals surface area (Å²) in [6, 6.07) is 5.10. The van der Waals surface area contributed by atoms with Crippen LogP contribution in [0.25, 0.3) is 6.08 Å². The Morgan fingerprint density at radius 1 is 1.33 bits per heavy atom. The summed E-state index contributed by atoms with van der Waals surface area (Å²) < 4.78 is 4.31. The lowest BCUT2D eigenvalue weighted by atomic mass is 10.1. The SMILES string of the molecule is COC(=O)C(=Cc1ccc([N+](=O)[O-])cc1)C(=O)O. The van der Waals surface area contributed by atoms with Gasteiger partial charge in [-0.05, 0) is 23.8 Å². The standard InChI is InChI=1S/C11H9NO6/c1-18-11(15)9(10(13)14)6-7-2-4-8(5-3-7)12(16)17/h2-6H,1H3,(H,13,14). The van der Waals surface area contributed by atoms with Gasteiger partial charge in [-0.3, -0.25) is 10.1 Å². The summed E-state index contributed by atoms with van der Waals surface area (Å²) in [4.78, 5) is 31.8. The van der Waals surface area contributed by atoms with Gasteiger partial charge >= 0.3 is 11.9 Å². The van der Waals surface area contributed by atoms with Crippen LogP contribution in [0.1, 0.15) is 5.56 Å². The minimum Gasteiger partial charge on any atom is -0.477 e. The molecule has 0 fully saturated rings. The molecule has 0 atom stereocenters. The number of non-ortho nitro benzene ring substituents is 1. The number of nitro groups is 1. The molecule has 1 N–H and O–H groups in total. The predicted octanol–water partition coefficient (Wildman–Crippen LogP) is 1.24. The second kappa shape index (κ2) is 5.58. The monoisotopic (exact) mass is 251 g/mol. The molecular formula is C11H9NO6. The molecule has 0 spiro atoms. The van der Waals surface area contributed by atoms with E-state index in [4.69, 9.17) is 5.11 Å². The molecule has 1 rings (SSSR count). The topological polar surface area (TPSA) is 107 Å². The summed E-state index contributed by atoms with van der Waals surface area (Å²) in [5.41, 5.74) is -0.322. The first-order valence-electron chi connectivity index (χ1n) is 4.73. The number of carbonyl (C=O) groups excluding carboxylic acids is 1. The Morgan fingerprint density at radius 3 is 2.28 bits per heavy atom. The molecule has 0 amide bonds. The van der Waals surface area contributed by atoms with Gasteiger partial charge in [-0.2, -0.15) is 0 Å². The van der Waals surface area contributed by atoms with Crippen molar-refractivity contribution in [3.8, 4) is 0 Å². The molecule has 0 aliphatic carbocycles. The molecule has 0 saturated heterocycles. The summed E-state index contributed by atoms with van der Waals surface area (Å²) in [5, 5.41) is 19.2. The van der Waals surface area contributed by atoms with Crippen LogP contribution in [0.15, 0.2) is 29.8 Å². The summed E-state index contributed by atoms with van der Waals surface area (Å²) in [6.07, 6.45) is 1.08. The molecule has 7 nitrogen and oxygen atoms in total. The van der Waals surface area contributed by atoms with Crippen LogP contribution < -0.4 is 0 Å². The average molecular weight is 251 g/mol. The molecule has 7 heteroatoms. The third kappa shape index (κ3) is 3.14. The Hall–Kier alpha value is -2.70. The quantitative estimate of drug-likeness (QED) is 0.215. The zero-order valence-corrected chi connectivity index (χ0v) is 9.32. The summed E-state index contributed by atoms with van der Waals surface area (Å²) >= 11 is 0. The van der Waals surface area contributed by atoms with Gasteiger partial charge in [0.25, 0.3) is 5.69 Å². The fourth-order valence-corrected chi connectivity index (χ4v) is 1.18. The number of benzene rings is 1. The number of carbonyl (C=O) groups is 2. The summed E-state index contributed by atoms with van der Waals surface area (Å²) in [7, 11) is 1.06. The predicted molar refractivity (Wildman–Crippen MR) is 60.7 cm³/mol. The zero-order chi connectivity index (χ0) is 13.7. The van der Waals surface area contributed by atoms with E-state index >= 15 is 0 Å². The number of nitrogens with zero attached hydrogens (tertiary/aromatic N) is 1. The van der Waals surface area contributed by atoms with Crippen molar-refractivity contribution in [1.82, 2.24) is 0 Å². The van der Waals surface area contributed by atoms with Gasteiger partial charge in [-0.15, -0.1) is 0 Å². The van der Waals surface area contributed by atoms with E-state index in [1.165, 1.54) is 24.3 Å². The van der Waals surface area contributed by atoms with Crippen LogP contribution in [0.2, 0.25) is 0 Å². The first-order valence-corrected chi connectivity index (χ1v) is 4.73. The number of carboxylic acids is 1. The van der Waals surface area contributed by atoms with E-state index in [1.807, 2.05) is 0 Å². The van der Waals surface area contributed by atoms with Crippen molar-refractivity contribution in [2.45, 2.75) is 0 Å². The number of ether oxygens (including phenoxy) is 1. The number of esters is 1. The minimum absolute atomic E-state index is 0.123. The van der Waals surface area contributed by atoms with E-state index in [0.717, 1.165) is 13.2 Å². The molecular weight excluding hydrogens is 242 g/mol. The average Bonchev–Trinajstić information content (AvgIpc) is 2.35. The first-order chi connectivity index (χ1) is 8.45. The van der Waals surface area contributed by atoms with Crippen molar-refractivity contribution in [1.29, 1.82) is 0 Å². The lowest BCUT2D eigenvalue weighted by molar-refractivity contribution is -0.384. The molecule has 18 heavy (non-hydrogen) atoms. The van der Waals surface area contributed by atoms with Gasteiger partial charge in [0.05, 0.1) is 12.0 Å². The molecule has 94 valence electrons. The number of rotatable bonds is 4. The van der Waals surface area contributed by atoms with Gasteiger partial charge in [0.15, 0.2) is 0 Å². The molecule has 0 aliphatic rings. The van der Waals surface area contributed by atoms with E-state index in [-0.39, 0.29) is 5.69 Å². The van der Waals surface area contributed by atoms with Crippen LogP contribution in [-0.4, -0.2) is 29.1 Å². The van der Waals surface area contributed by atoms with Gasteiger partial charge in [0.1, 0.15) is 5.57 Å². The van der Waals surface area contributed by atoms with Crippen LogP contribution in [0.4, 0.5) is 5.69 Å². The minimum atomic E-state index is -1.43. The van der Waals surface area contributed by atoms with E-state index in [2.05, 4.69) is 4.74 Å². The first kappa shape index (κ1) is 13.4. The van der Waals surface area contributed by atoms with Crippen molar-refractivity contribution < 1.29 is 24.4 Å². The third-order valence-corrected chi connectivity index (χ3v) is 2.05. The van der Waals surface area contributed by atoms with Crippen molar-refractivity contribution in [3.63, 3.8) is 0 Å². The van der Waals surface area contributed by atoms with Gasteiger partial charge in [-0.1, -0.05) is 0 Å². The number of carboxylic acid groups (broad SMARTS) is 1. The normalized spacial score (nSPS) is 10.8. The number of hydrogen-bond acceptors (Lipinski definition) is 5. The van der Waals surface area contributed by atoms with Crippen LogP contribution in [0.3, 0.4) is 0 Å². The Morgan fingerprint density at radius 2 is 1.89 bits per heavy atom. The van der Waals surface area contributed by atoms with Gasteiger partial charge in [-0.25, -0.2) is 9.59 Å². The fraction of sp³-hybridized carbons (Fsp3) is 0.0909. The number of hydrogen-bond donors (Lipinski definition) is 1. The maximum atomic E-state index is 11.2. The summed E-state index contributed by atoms with van der Waals surface area (Å²) in [5.74, 6) is -2.42. The Kier molecular flexibility index (Phi) is 4.14. The zero-order valence-electron chi connectivity index (χ0n) is 9.32. The largest absolute Gasteiger partial charge is 0.477 e. The smallest absolute Gasteiger partial charge is 0.345 e. The molecule has 0 aliphatic heterocycles. The maximum absolute atomic E-state index is 11.2. The highest BCUT2D eigenvalue weighted by molar-refractivity contribution is 6.16. The lowest BCUT2D eigenvalue weighted by Gasteiger charge is -2.00. The molecule has 0 heterocycles. The molecule has 0 radical (unpaired) electrons. The Bertz CT molecular complexity index is 517. The summed E-state index contributed by atoms with van der Waals surface area (Å²) in [6.45, 7) is 0. The van der Waals surface area contributed by atoms with E-state index < -0.39 is 22.4 Å². The Labute approximate surface area is 101 Å². The highest BCUT2D eigenvalue weighted by atomic mass is 16.6. The number of methoxy groups -OCH3 is 1. The highest BCUT2D eigenvalue weighted by Crippen LogP contribution is 2.14. The van der Waals surface area contributed by atoms with Crippen LogP contribution in [0.5, 0.6) is 0 Å². The van der Waals surface area contributed by atoms with Gasteiger partial charge in [0.2, 0.25) is 0 Å². The molecule has 0 aromatic heterocycles. The molecule has 0 unspecified atom stereocenters. The third-order valence-electron chi connectivity index (χ3n) is 2.05. The molecule has 0 saturated carbocycles. The second-order valence-corrected chi connectivity index (χ2v) is 3.20. The molecule has 1 aromatic rings. The highest BCUT2D eigenvalue weighted by Gasteiger charge is 2.17. The van der Waals surface area contributed by atoms with Crippen molar-refractivity contribution in [2.75, 3.05) is 7.11 Å². The number of nitro benzene ring substituents is 1. The van der Waals surface area contributed by atoms with Crippen molar-refractivity contribution in [3.05, 3.63) is 45.5 Å². The molecule has 0 bridgehead atoms. The van der Waals surface area contributed by atoms with Gasteiger partial charge in [0, 0.05) is 12.1 Å². The van der Waals surface area contributed by atoms with Crippen molar-refractivity contribution >= 4 is 23.7 Å². The van der Waals surface area contributed by atoms with Crippen LogP contribution in [-0.2, 0) is 14.3 Å². The van der Waals surface area contributed by atoms with Gasteiger partial charge < -0.3 is 9.84 Å². The van der Waals surface area contributed by atoms with Crippen molar-refractivity contribution in [2.24, 2.45) is 0 Å². The van der Waals surface area contributed by atoms with E-state index in [9.17, 15) is 19.7 Å². The Balaban J connectivity index is 3.09. The lowest BCUT2D eigenvalue weighted by Crippen LogP contribution is -2.13. The van der Waals surface area contributed by atoms with Crippen LogP contribution in [0, 0.1) is 10.1 Å². The second-order valence-electron chi connectivity index (χ2n) is 3.20. The van der Waals surface area contributed by atoms with E-state index in [0.29, 0.717) is 5.56 Å². The fourth-order valence-electron chi connectivity index (χ4n) is 1.18. The molecule has 1 aromatic carbocycles. The number of aliphatic carboxylic acids is 1. The van der Waals surface area contributed by atoms with E-state index in [1.54, 1.807) is 0 Å². The van der Waals surface area contributed by atoms with Crippen LogP contribution >= 0.6 is 0 Å².